The molecule has 2 atom stereocenters. The van der Waals surface area contributed by atoms with Gasteiger partial charge in [0.25, 0.3) is 0 Å². The van der Waals surface area contributed by atoms with E-state index in [2.05, 4.69) is 0 Å². The first-order chi connectivity index (χ1) is 8.63. The third kappa shape index (κ3) is 4.02. The van der Waals surface area contributed by atoms with Gasteiger partial charge in [-0.3, -0.25) is 4.79 Å². The summed E-state index contributed by atoms with van der Waals surface area (Å²) in [4.78, 5) is 10.9. The molecule has 3 N–H and O–H groups in total. The number of carboxylic acid groups (broad SMARTS) is 1. The van der Waals surface area contributed by atoms with Crippen molar-refractivity contribution in [2.45, 2.75) is 37.8 Å². The Morgan fingerprint density at radius 2 is 1.68 bits per heavy atom. The maximum Gasteiger partial charge on any atom is 0.324 e. The lowest BCUT2D eigenvalue weighted by Crippen LogP contribution is -2.47. The summed E-state index contributed by atoms with van der Waals surface area (Å²) in [5.41, 5.74) is 1.51. The van der Waals surface area contributed by atoms with Crippen LogP contribution in [0.5, 0.6) is 0 Å². The van der Waals surface area contributed by atoms with Crippen molar-refractivity contribution < 1.29 is 23.4 Å². The second kappa shape index (κ2) is 5.68. The SMILES string of the molecule is Cc1cc(C)cc(S(=O)(=O)N[C@H](C(=O)O)[C@@H](C)O)c1. The van der Waals surface area contributed by atoms with Gasteiger partial charge in [-0.1, -0.05) is 6.07 Å². The molecule has 0 aliphatic carbocycles. The number of aliphatic hydroxyl groups excluding tert-OH is 1. The number of aryl methyl sites for hydroxylation is 2. The molecule has 0 bridgehead atoms. The number of aliphatic hydroxyl groups is 1. The fourth-order valence-corrected chi connectivity index (χ4v) is 3.13. The van der Waals surface area contributed by atoms with E-state index in [0.717, 1.165) is 11.1 Å². The fourth-order valence-electron chi connectivity index (χ4n) is 1.68. The van der Waals surface area contributed by atoms with Crippen LogP contribution in [-0.2, 0) is 14.8 Å². The Hall–Kier alpha value is -1.44. The van der Waals surface area contributed by atoms with E-state index in [9.17, 15) is 18.3 Å². The molecule has 1 rings (SSSR count). The van der Waals surface area contributed by atoms with Gasteiger partial charge in [0.2, 0.25) is 10.0 Å². The minimum atomic E-state index is -3.99. The number of nitrogens with one attached hydrogen (secondary N) is 1. The van der Waals surface area contributed by atoms with Crippen molar-refractivity contribution in [1.82, 2.24) is 4.72 Å². The molecule has 0 amide bonds. The van der Waals surface area contributed by atoms with Crippen LogP contribution in [-0.4, -0.2) is 36.7 Å². The van der Waals surface area contributed by atoms with Gasteiger partial charge < -0.3 is 10.2 Å². The summed E-state index contributed by atoms with van der Waals surface area (Å²) >= 11 is 0. The Bertz CT molecular complexity index is 560. The van der Waals surface area contributed by atoms with Crippen LogP contribution in [0.4, 0.5) is 0 Å². The summed E-state index contributed by atoms with van der Waals surface area (Å²) < 4.78 is 26.1. The predicted octanol–water partition coefficient (Wildman–Crippen LogP) is 0.416. The van der Waals surface area contributed by atoms with Gasteiger partial charge in [0.15, 0.2) is 0 Å². The van der Waals surface area contributed by atoms with Crippen LogP contribution in [0, 0.1) is 13.8 Å². The van der Waals surface area contributed by atoms with Crippen LogP contribution in [0.15, 0.2) is 23.1 Å². The second-order valence-corrected chi connectivity index (χ2v) is 6.22. The van der Waals surface area contributed by atoms with Crippen LogP contribution >= 0.6 is 0 Å². The van der Waals surface area contributed by atoms with Gasteiger partial charge in [0, 0.05) is 0 Å². The molecule has 0 saturated carbocycles. The zero-order chi connectivity index (χ0) is 14.8. The highest BCUT2D eigenvalue weighted by Crippen LogP contribution is 2.15. The molecule has 0 aliphatic heterocycles. The minimum Gasteiger partial charge on any atom is -0.480 e. The summed E-state index contributed by atoms with van der Waals surface area (Å²) in [6.45, 7) is 4.70. The van der Waals surface area contributed by atoms with Gasteiger partial charge in [-0.05, 0) is 44.0 Å². The lowest BCUT2D eigenvalue weighted by atomic mass is 10.2. The first-order valence-electron chi connectivity index (χ1n) is 5.65. The fraction of sp³-hybridized carbons (Fsp3) is 0.417. The van der Waals surface area contributed by atoms with Crippen molar-refractivity contribution >= 4 is 16.0 Å². The second-order valence-electron chi connectivity index (χ2n) is 4.50. The highest BCUT2D eigenvalue weighted by molar-refractivity contribution is 7.89. The third-order valence-electron chi connectivity index (χ3n) is 2.54. The number of sulfonamides is 1. The van der Waals surface area contributed by atoms with Crippen LogP contribution < -0.4 is 4.72 Å². The molecule has 0 spiro atoms. The number of hydrogen-bond donors (Lipinski definition) is 3. The lowest BCUT2D eigenvalue weighted by molar-refractivity contribution is -0.141. The van der Waals surface area contributed by atoms with Crippen LogP contribution in [0.1, 0.15) is 18.1 Å². The topological polar surface area (TPSA) is 104 Å². The summed E-state index contributed by atoms with van der Waals surface area (Å²) in [5, 5.41) is 18.2. The van der Waals surface area contributed by atoms with E-state index in [1.54, 1.807) is 13.8 Å². The van der Waals surface area contributed by atoms with Crippen molar-refractivity contribution in [2.24, 2.45) is 0 Å². The maximum absolute atomic E-state index is 12.1. The molecule has 0 aromatic heterocycles. The van der Waals surface area contributed by atoms with Crippen LogP contribution in [0.3, 0.4) is 0 Å². The van der Waals surface area contributed by atoms with E-state index in [4.69, 9.17) is 5.11 Å². The first-order valence-corrected chi connectivity index (χ1v) is 7.13. The Morgan fingerprint density at radius 1 is 1.21 bits per heavy atom. The molecule has 1 aromatic carbocycles. The van der Waals surface area contributed by atoms with Gasteiger partial charge in [-0.2, -0.15) is 4.72 Å². The summed E-state index contributed by atoms with van der Waals surface area (Å²) in [5.74, 6) is -1.43. The van der Waals surface area contributed by atoms with Gasteiger partial charge in [0.1, 0.15) is 6.04 Å². The van der Waals surface area contributed by atoms with Gasteiger partial charge in [0.05, 0.1) is 11.0 Å². The zero-order valence-corrected chi connectivity index (χ0v) is 11.7. The predicted molar refractivity (Wildman–Crippen MR) is 69.3 cm³/mol. The van der Waals surface area contributed by atoms with E-state index in [1.165, 1.54) is 19.1 Å². The van der Waals surface area contributed by atoms with Crippen LogP contribution in [0.25, 0.3) is 0 Å². The minimum absolute atomic E-state index is 0.0168. The number of carboxylic acids is 1. The van der Waals surface area contributed by atoms with Crippen molar-refractivity contribution in [1.29, 1.82) is 0 Å². The van der Waals surface area contributed by atoms with E-state index in [-0.39, 0.29) is 4.90 Å². The average molecular weight is 287 g/mol. The van der Waals surface area contributed by atoms with Gasteiger partial charge in [-0.15, -0.1) is 0 Å². The number of carbonyl (C=O) groups is 1. The smallest absolute Gasteiger partial charge is 0.324 e. The van der Waals surface area contributed by atoms with Gasteiger partial charge >= 0.3 is 5.97 Å². The molecular weight excluding hydrogens is 270 g/mol. The van der Waals surface area contributed by atoms with E-state index in [0.29, 0.717) is 0 Å². The Morgan fingerprint density at radius 3 is 2.05 bits per heavy atom. The highest BCUT2D eigenvalue weighted by atomic mass is 32.2. The largest absolute Gasteiger partial charge is 0.480 e. The molecule has 7 heteroatoms. The Balaban J connectivity index is 3.13. The molecule has 0 aliphatic rings. The van der Waals surface area contributed by atoms with Gasteiger partial charge in [-0.25, -0.2) is 8.42 Å². The molecule has 0 unspecified atom stereocenters. The molecular formula is C12H17NO5S. The average Bonchev–Trinajstić information content (AvgIpc) is 2.23. The third-order valence-corrected chi connectivity index (χ3v) is 3.96. The standard InChI is InChI=1S/C12H17NO5S/c1-7-4-8(2)6-10(5-7)19(17,18)13-11(9(3)14)12(15)16/h4-6,9,11,13-14H,1-3H3,(H,15,16)/t9-,11+/m1/s1. The van der Waals surface area contributed by atoms with E-state index >= 15 is 0 Å². The molecule has 1 aromatic rings. The Kier molecular flexibility index (Phi) is 4.67. The molecule has 19 heavy (non-hydrogen) atoms. The molecule has 0 saturated heterocycles. The van der Waals surface area contributed by atoms with Crippen molar-refractivity contribution in [3.63, 3.8) is 0 Å². The summed E-state index contributed by atoms with van der Waals surface area (Å²) in [6, 6.07) is 3.11. The van der Waals surface area contributed by atoms with Crippen molar-refractivity contribution in [3.8, 4) is 0 Å². The molecule has 0 radical (unpaired) electrons. The van der Waals surface area contributed by atoms with Crippen molar-refractivity contribution in [2.75, 3.05) is 0 Å². The number of benzene rings is 1. The molecule has 0 fully saturated rings. The molecule has 106 valence electrons. The van der Waals surface area contributed by atoms with Crippen LogP contribution in [0.2, 0.25) is 0 Å². The lowest BCUT2D eigenvalue weighted by Gasteiger charge is -2.17. The number of aliphatic carboxylic acids is 1. The zero-order valence-electron chi connectivity index (χ0n) is 10.9. The monoisotopic (exact) mass is 287 g/mol. The maximum atomic E-state index is 12.1. The van der Waals surface area contributed by atoms with E-state index < -0.39 is 28.1 Å². The molecule has 0 heterocycles. The first kappa shape index (κ1) is 15.6. The van der Waals surface area contributed by atoms with Crippen molar-refractivity contribution in [3.05, 3.63) is 29.3 Å². The highest BCUT2D eigenvalue weighted by Gasteiger charge is 2.29. The normalized spacial score (nSPS) is 14.9. The molecule has 6 nitrogen and oxygen atoms in total. The summed E-state index contributed by atoms with van der Waals surface area (Å²) in [6.07, 6.45) is -1.34. The quantitative estimate of drug-likeness (QED) is 0.728. The summed E-state index contributed by atoms with van der Waals surface area (Å²) in [7, 11) is -3.99. The number of rotatable bonds is 5. The van der Waals surface area contributed by atoms with E-state index in [1.807, 2.05) is 10.8 Å². The number of hydrogen-bond acceptors (Lipinski definition) is 4. The Labute approximate surface area is 112 Å².